The molecule has 0 aliphatic heterocycles. The van der Waals surface area contributed by atoms with Gasteiger partial charge in [-0.3, -0.25) is 4.21 Å². The van der Waals surface area contributed by atoms with Gasteiger partial charge in [-0.2, -0.15) is 0 Å². The fourth-order valence-electron chi connectivity index (χ4n) is 2.28. The van der Waals surface area contributed by atoms with Gasteiger partial charge in [-0.1, -0.05) is 60.7 Å². The van der Waals surface area contributed by atoms with Crippen LogP contribution in [0.1, 0.15) is 23.2 Å². The van der Waals surface area contributed by atoms with E-state index in [2.05, 4.69) is 10.0 Å². The van der Waals surface area contributed by atoms with Crippen molar-refractivity contribution in [1.29, 1.82) is 0 Å². The van der Waals surface area contributed by atoms with Crippen molar-refractivity contribution in [1.82, 2.24) is 10.0 Å². The van der Waals surface area contributed by atoms with Crippen molar-refractivity contribution in [3.05, 3.63) is 71.8 Å². The van der Waals surface area contributed by atoms with Gasteiger partial charge in [0.1, 0.15) is 0 Å². The fraction of sp³-hybridized carbons (Fsp3) is 0.200. The number of benzene rings is 2. The predicted octanol–water partition coefficient (Wildman–Crippen LogP) is 2.07. The van der Waals surface area contributed by atoms with Crippen LogP contribution >= 0.6 is 0 Å². The highest BCUT2D eigenvalue weighted by Gasteiger charge is 2.23. The van der Waals surface area contributed by atoms with Crippen LogP contribution in [0.25, 0.3) is 0 Å². The monoisotopic (exact) mass is 289 g/mol. The van der Waals surface area contributed by atoms with Gasteiger partial charge in [0.25, 0.3) is 0 Å². The van der Waals surface area contributed by atoms with Gasteiger partial charge in [0.05, 0.1) is 12.1 Å². The van der Waals surface area contributed by atoms with E-state index in [0.29, 0.717) is 0 Å². The molecule has 0 radical (unpaired) electrons. The van der Waals surface area contributed by atoms with Crippen molar-refractivity contribution < 1.29 is 8.76 Å². The smallest absolute Gasteiger partial charge is 0.0628 e. The van der Waals surface area contributed by atoms with Crippen LogP contribution in [0, 0.1) is 0 Å². The Morgan fingerprint density at radius 1 is 0.900 bits per heavy atom. The molecule has 0 amide bonds. The largest absolute Gasteiger partial charge is 0.760 e. The molecule has 0 aromatic heterocycles. The maximum absolute atomic E-state index is 11.1. The molecule has 0 bridgehead atoms. The molecule has 0 spiro atoms. The van der Waals surface area contributed by atoms with Crippen LogP contribution in [0.15, 0.2) is 60.7 Å². The number of hydrogen-bond acceptors (Lipinski definition) is 3. The molecule has 2 aromatic carbocycles. The minimum atomic E-state index is -2.33. The Morgan fingerprint density at radius 2 is 1.35 bits per heavy atom. The molecule has 0 aliphatic carbocycles. The SMILES string of the molecule is CN[C@@H](c1ccccc1)[C@@H](NS(=O)[O-])c1ccccc1. The molecule has 0 saturated heterocycles. The number of likely N-dealkylation sites (N-methyl/N-ethyl adjacent to an activating group) is 1. The Kier molecular flexibility index (Phi) is 5.43. The molecule has 2 N–H and O–H groups in total. The summed E-state index contributed by atoms with van der Waals surface area (Å²) in [5.74, 6) is 0. The van der Waals surface area contributed by atoms with Gasteiger partial charge in [0.15, 0.2) is 0 Å². The van der Waals surface area contributed by atoms with Gasteiger partial charge in [-0.05, 0) is 18.2 Å². The molecule has 106 valence electrons. The first-order chi connectivity index (χ1) is 9.72. The summed E-state index contributed by atoms with van der Waals surface area (Å²) in [6, 6.07) is 18.8. The number of nitrogens with one attached hydrogen (secondary N) is 2. The van der Waals surface area contributed by atoms with Gasteiger partial charge in [0, 0.05) is 11.3 Å². The van der Waals surface area contributed by atoms with Crippen LogP contribution < -0.4 is 10.0 Å². The van der Waals surface area contributed by atoms with Crippen LogP contribution in [-0.4, -0.2) is 15.8 Å². The highest BCUT2D eigenvalue weighted by Crippen LogP contribution is 2.28. The van der Waals surface area contributed by atoms with Crippen LogP contribution in [-0.2, 0) is 11.3 Å². The van der Waals surface area contributed by atoms with Crippen molar-refractivity contribution in [2.75, 3.05) is 7.05 Å². The maximum atomic E-state index is 11.1. The maximum Gasteiger partial charge on any atom is 0.0628 e. The van der Waals surface area contributed by atoms with Crippen molar-refractivity contribution in [2.45, 2.75) is 12.1 Å². The minimum Gasteiger partial charge on any atom is -0.760 e. The molecule has 0 aliphatic rings. The summed E-state index contributed by atoms with van der Waals surface area (Å²) in [6.07, 6.45) is 0. The second-order valence-corrected chi connectivity index (χ2v) is 5.12. The minimum absolute atomic E-state index is 0.142. The Hall–Kier alpha value is -1.53. The fourth-order valence-corrected chi connectivity index (χ4v) is 2.76. The number of rotatable bonds is 6. The van der Waals surface area contributed by atoms with Gasteiger partial charge >= 0.3 is 0 Å². The third-order valence-corrected chi connectivity index (χ3v) is 3.63. The average Bonchev–Trinajstić information content (AvgIpc) is 2.49. The van der Waals surface area contributed by atoms with Crippen molar-refractivity contribution in [2.24, 2.45) is 0 Å². The van der Waals surface area contributed by atoms with E-state index in [1.165, 1.54) is 0 Å². The summed E-state index contributed by atoms with van der Waals surface area (Å²) in [5, 5.41) is 3.19. The molecular weight excluding hydrogens is 272 g/mol. The summed E-state index contributed by atoms with van der Waals surface area (Å²) in [4.78, 5) is 0. The standard InChI is InChI=1S/C15H18N2O2S/c1-16-14(12-8-4-2-5-9-12)15(17-20(18)19)13-10-6-3-7-11-13/h2-11,14-17H,1H3,(H,18,19)/p-1/t14-,15-/m0/s1. The third kappa shape index (κ3) is 3.74. The summed E-state index contributed by atoms with van der Waals surface area (Å²) < 4.78 is 24.8. The molecule has 1 unspecified atom stereocenters. The van der Waals surface area contributed by atoms with Crippen molar-refractivity contribution in [3.8, 4) is 0 Å². The summed E-state index contributed by atoms with van der Waals surface area (Å²) in [5.41, 5.74) is 1.95. The normalized spacial score (nSPS) is 15.5. The van der Waals surface area contributed by atoms with Crippen molar-refractivity contribution in [3.63, 3.8) is 0 Å². The lowest BCUT2D eigenvalue weighted by Crippen LogP contribution is -2.34. The topological polar surface area (TPSA) is 64.2 Å². The molecule has 2 aromatic rings. The molecule has 0 fully saturated rings. The van der Waals surface area contributed by atoms with E-state index >= 15 is 0 Å². The lowest BCUT2D eigenvalue weighted by atomic mass is 9.94. The van der Waals surface area contributed by atoms with Gasteiger partial charge in [-0.15, -0.1) is 0 Å². The lowest BCUT2D eigenvalue weighted by Gasteiger charge is -2.29. The summed E-state index contributed by atoms with van der Waals surface area (Å²) in [7, 11) is 1.82. The average molecular weight is 289 g/mol. The van der Waals surface area contributed by atoms with Crippen LogP contribution in [0.3, 0.4) is 0 Å². The molecule has 20 heavy (non-hydrogen) atoms. The van der Waals surface area contributed by atoms with E-state index in [4.69, 9.17) is 0 Å². The summed E-state index contributed by atoms with van der Waals surface area (Å²) >= 11 is -2.33. The Morgan fingerprint density at radius 3 is 1.75 bits per heavy atom. The molecule has 5 heteroatoms. The first-order valence-electron chi connectivity index (χ1n) is 6.35. The zero-order chi connectivity index (χ0) is 14.4. The van der Waals surface area contributed by atoms with Crippen LogP contribution in [0.2, 0.25) is 0 Å². The molecular formula is C15H17N2O2S-. The molecule has 4 nitrogen and oxygen atoms in total. The third-order valence-electron chi connectivity index (χ3n) is 3.18. The highest BCUT2D eigenvalue weighted by molar-refractivity contribution is 7.77. The summed E-state index contributed by atoms with van der Waals surface area (Å²) in [6.45, 7) is 0. The highest BCUT2D eigenvalue weighted by atomic mass is 32.2. The van der Waals surface area contributed by atoms with Crippen LogP contribution in [0.4, 0.5) is 0 Å². The van der Waals surface area contributed by atoms with Gasteiger partial charge in [0.2, 0.25) is 0 Å². The first kappa shape index (κ1) is 14.9. The van der Waals surface area contributed by atoms with E-state index in [-0.39, 0.29) is 12.1 Å². The van der Waals surface area contributed by atoms with Gasteiger partial charge < -0.3 is 9.87 Å². The predicted molar refractivity (Wildman–Crippen MR) is 79.5 cm³/mol. The zero-order valence-electron chi connectivity index (χ0n) is 11.2. The molecule has 0 saturated carbocycles. The van der Waals surface area contributed by atoms with E-state index in [9.17, 15) is 8.76 Å². The molecule has 2 rings (SSSR count). The second-order valence-electron chi connectivity index (χ2n) is 4.42. The van der Waals surface area contributed by atoms with E-state index in [1.54, 1.807) is 0 Å². The van der Waals surface area contributed by atoms with Crippen LogP contribution in [0.5, 0.6) is 0 Å². The Bertz CT molecular complexity index is 548. The molecule has 0 heterocycles. The second kappa shape index (κ2) is 7.31. The van der Waals surface area contributed by atoms with E-state index in [0.717, 1.165) is 11.1 Å². The van der Waals surface area contributed by atoms with E-state index < -0.39 is 11.3 Å². The zero-order valence-corrected chi connectivity index (χ0v) is 12.0. The lowest BCUT2D eigenvalue weighted by molar-refractivity contribution is 0.438. The first-order valence-corrected chi connectivity index (χ1v) is 7.42. The quantitative estimate of drug-likeness (QED) is 0.800. The van der Waals surface area contributed by atoms with Crippen molar-refractivity contribution >= 4 is 11.3 Å². The van der Waals surface area contributed by atoms with Gasteiger partial charge in [-0.25, -0.2) is 4.72 Å². The Labute approximate surface area is 121 Å². The number of hydrogen-bond donors (Lipinski definition) is 2. The molecule has 3 atom stereocenters. The Balaban J connectivity index is 2.36. The van der Waals surface area contributed by atoms with E-state index in [1.807, 2.05) is 67.7 Å².